The molecule has 1 saturated carbocycles. The maximum atomic E-state index is 12.7. The third-order valence-electron chi connectivity index (χ3n) is 5.72. The number of benzene rings is 1. The summed E-state index contributed by atoms with van der Waals surface area (Å²) >= 11 is 5.92. The fourth-order valence-corrected chi connectivity index (χ4v) is 4.10. The molecule has 0 saturated heterocycles. The van der Waals surface area contributed by atoms with E-state index in [2.05, 4.69) is 18.0 Å². The van der Waals surface area contributed by atoms with Crippen molar-refractivity contribution in [2.24, 2.45) is 11.8 Å². The van der Waals surface area contributed by atoms with Gasteiger partial charge in [-0.1, -0.05) is 30.7 Å². The molecule has 1 aromatic carbocycles. The van der Waals surface area contributed by atoms with Gasteiger partial charge in [0.2, 0.25) is 5.88 Å². The first-order chi connectivity index (χ1) is 12.6. The Bertz CT molecular complexity index is 736. The molecule has 26 heavy (non-hydrogen) atoms. The van der Waals surface area contributed by atoms with Gasteiger partial charge in [0.15, 0.2) is 0 Å². The van der Waals surface area contributed by atoms with E-state index in [1.165, 1.54) is 5.56 Å². The molecule has 0 spiro atoms. The number of aromatic nitrogens is 1. The van der Waals surface area contributed by atoms with Gasteiger partial charge < -0.3 is 4.74 Å². The summed E-state index contributed by atoms with van der Waals surface area (Å²) in [6, 6.07) is 11.7. The average Bonchev–Trinajstić information content (AvgIpc) is 2.69. The number of ether oxygens (including phenoxy) is 1. The van der Waals surface area contributed by atoms with E-state index in [4.69, 9.17) is 16.3 Å². The Kier molecular flexibility index (Phi) is 6.31. The minimum atomic E-state index is 0.110. The summed E-state index contributed by atoms with van der Waals surface area (Å²) in [7, 11) is 1.65. The number of rotatable bonds is 6. The van der Waals surface area contributed by atoms with Crippen LogP contribution in [0, 0.1) is 11.8 Å². The van der Waals surface area contributed by atoms with Crippen LogP contribution in [0.25, 0.3) is 0 Å². The fraction of sp³-hybridized carbons (Fsp3) is 0.455. The van der Waals surface area contributed by atoms with Crippen molar-refractivity contribution < 1.29 is 9.53 Å². The summed E-state index contributed by atoms with van der Waals surface area (Å²) in [4.78, 5) is 16.9. The molecule has 1 atom stereocenters. The number of Topliss-reactive ketones (excluding diaryl/α,β-unsaturated/α-hetero) is 1. The van der Waals surface area contributed by atoms with Gasteiger partial charge in [-0.2, -0.15) is 0 Å². The van der Waals surface area contributed by atoms with Crippen LogP contribution in [0.1, 0.15) is 49.7 Å². The molecule has 3 rings (SSSR count). The minimum Gasteiger partial charge on any atom is -0.481 e. The van der Waals surface area contributed by atoms with Crippen LogP contribution in [0.15, 0.2) is 42.6 Å². The Morgan fingerprint density at radius 1 is 1.19 bits per heavy atom. The first-order valence-electron chi connectivity index (χ1n) is 9.34. The molecule has 0 N–H and O–H groups in total. The Labute approximate surface area is 160 Å². The largest absolute Gasteiger partial charge is 0.481 e. The Balaban J connectivity index is 1.55. The van der Waals surface area contributed by atoms with E-state index in [9.17, 15) is 4.79 Å². The SMILES string of the molecule is COc1cc(C2CCC([C@H](C)C(=O)Cc3ccc(Cl)cc3)CC2)ccn1. The minimum absolute atomic E-state index is 0.110. The molecular weight excluding hydrogens is 346 g/mol. The number of hydrogen-bond acceptors (Lipinski definition) is 3. The Hall–Kier alpha value is -1.87. The topological polar surface area (TPSA) is 39.2 Å². The van der Waals surface area contributed by atoms with Crippen molar-refractivity contribution in [2.75, 3.05) is 7.11 Å². The van der Waals surface area contributed by atoms with Crippen LogP contribution in [0.5, 0.6) is 5.88 Å². The molecule has 138 valence electrons. The first kappa shape index (κ1) is 18.9. The second-order valence-corrected chi connectivity index (χ2v) is 7.74. The van der Waals surface area contributed by atoms with E-state index < -0.39 is 0 Å². The Morgan fingerprint density at radius 2 is 1.88 bits per heavy atom. The van der Waals surface area contributed by atoms with Crippen molar-refractivity contribution in [3.63, 3.8) is 0 Å². The van der Waals surface area contributed by atoms with E-state index in [1.807, 2.05) is 36.5 Å². The standard InChI is InChI=1S/C22H26ClNO2/c1-15(21(25)13-16-3-9-20(23)10-4-16)17-5-7-18(8-6-17)19-11-12-24-22(14-19)26-2/h3-4,9-12,14-15,17-18H,5-8,13H2,1-2H3/t15-,17?,18?/m0/s1. The molecule has 1 fully saturated rings. The maximum Gasteiger partial charge on any atom is 0.213 e. The lowest BCUT2D eigenvalue weighted by Crippen LogP contribution is -2.26. The molecular formula is C22H26ClNO2. The van der Waals surface area contributed by atoms with Gasteiger partial charge in [0, 0.05) is 29.6 Å². The van der Waals surface area contributed by atoms with Crippen LogP contribution >= 0.6 is 11.6 Å². The highest BCUT2D eigenvalue weighted by atomic mass is 35.5. The number of methoxy groups -OCH3 is 1. The number of nitrogens with zero attached hydrogens (tertiary/aromatic N) is 1. The van der Waals surface area contributed by atoms with Crippen LogP contribution < -0.4 is 4.74 Å². The number of carbonyl (C=O) groups is 1. The number of halogens is 1. The van der Waals surface area contributed by atoms with E-state index in [0.29, 0.717) is 34.9 Å². The van der Waals surface area contributed by atoms with E-state index in [-0.39, 0.29) is 5.92 Å². The molecule has 1 aliphatic carbocycles. The molecule has 0 amide bonds. The van der Waals surface area contributed by atoms with Crippen LogP contribution in [0.2, 0.25) is 5.02 Å². The highest BCUT2D eigenvalue weighted by molar-refractivity contribution is 6.30. The summed E-state index contributed by atoms with van der Waals surface area (Å²) in [5, 5.41) is 0.709. The Morgan fingerprint density at radius 3 is 2.54 bits per heavy atom. The molecule has 3 nitrogen and oxygen atoms in total. The fourth-order valence-electron chi connectivity index (χ4n) is 3.97. The van der Waals surface area contributed by atoms with Gasteiger partial charge >= 0.3 is 0 Å². The van der Waals surface area contributed by atoms with E-state index in [0.717, 1.165) is 31.2 Å². The van der Waals surface area contributed by atoms with Gasteiger partial charge in [0.1, 0.15) is 5.78 Å². The van der Waals surface area contributed by atoms with Crippen LogP contribution in [0.4, 0.5) is 0 Å². The van der Waals surface area contributed by atoms with E-state index in [1.54, 1.807) is 7.11 Å². The predicted molar refractivity (Wildman–Crippen MR) is 105 cm³/mol. The molecule has 0 radical (unpaired) electrons. The molecule has 0 unspecified atom stereocenters. The summed E-state index contributed by atoms with van der Waals surface area (Å²) in [5.74, 6) is 2.15. The molecule has 0 aliphatic heterocycles. The first-order valence-corrected chi connectivity index (χ1v) is 9.71. The van der Waals surface area contributed by atoms with Crippen molar-refractivity contribution in [3.8, 4) is 5.88 Å². The maximum absolute atomic E-state index is 12.7. The second-order valence-electron chi connectivity index (χ2n) is 7.30. The van der Waals surface area contributed by atoms with Crippen molar-refractivity contribution in [1.82, 2.24) is 4.98 Å². The quantitative estimate of drug-likeness (QED) is 0.676. The molecule has 2 aromatic rings. The van der Waals surface area contributed by atoms with Gasteiger partial charge in [0.05, 0.1) is 7.11 Å². The van der Waals surface area contributed by atoms with Crippen molar-refractivity contribution in [2.45, 2.75) is 44.9 Å². The lowest BCUT2D eigenvalue weighted by molar-refractivity contribution is -0.123. The van der Waals surface area contributed by atoms with Crippen LogP contribution in [-0.2, 0) is 11.2 Å². The predicted octanol–water partition coefficient (Wildman–Crippen LogP) is 5.47. The van der Waals surface area contributed by atoms with Gasteiger partial charge in [-0.05, 0) is 66.8 Å². The zero-order chi connectivity index (χ0) is 18.5. The van der Waals surface area contributed by atoms with E-state index >= 15 is 0 Å². The van der Waals surface area contributed by atoms with Crippen LogP contribution in [-0.4, -0.2) is 17.9 Å². The normalized spacial score (nSPS) is 21.2. The lowest BCUT2D eigenvalue weighted by Gasteiger charge is -2.32. The number of carbonyl (C=O) groups excluding carboxylic acids is 1. The van der Waals surface area contributed by atoms with Crippen molar-refractivity contribution >= 4 is 17.4 Å². The number of pyridine rings is 1. The summed E-state index contributed by atoms with van der Waals surface area (Å²) < 4.78 is 5.24. The zero-order valence-electron chi connectivity index (χ0n) is 15.5. The molecule has 1 heterocycles. The van der Waals surface area contributed by atoms with Crippen molar-refractivity contribution in [3.05, 3.63) is 58.7 Å². The van der Waals surface area contributed by atoms with Crippen molar-refractivity contribution in [1.29, 1.82) is 0 Å². The van der Waals surface area contributed by atoms with Gasteiger partial charge in [-0.3, -0.25) is 4.79 Å². The third-order valence-corrected chi connectivity index (χ3v) is 5.97. The monoisotopic (exact) mass is 371 g/mol. The number of ketones is 1. The summed E-state index contributed by atoms with van der Waals surface area (Å²) in [6.45, 7) is 2.10. The van der Waals surface area contributed by atoms with Gasteiger partial charge in [-0.25, -0.2) is 4.98 Å². The lowest BCUT2D eigenvalue weighted by atomic mass is 9.73. The average molecular weight is 372 g/mol. The second kappa shape index (κ2) is 8.68. The van der Waals surface area contributed by atoms with Gasteiger partial charge in [-0.15, -0.1) is 0 Å². The van der Waals surface area contributed by atoms with Crippen LogP contribution in [0.3, 0.4) is 0 Å². The zero-order valence-corrected chi connectivity index (χ0v) is 16.2. The molecule has 0 bridgehead atoms. The highest BCUT2D eigenvalue weighted by Gasteiger charge is 2.29. The number of hydrogen-bond donors (Lipinski definition) is 0. The molecule has 1 aliphatic rings. The molecule has 1 aromatic heterocycles. The highest BCUT2D eigenvalue weighted by Crippen LogP contribution is 2.39. The summed E-state index contributed by atoms with van der Waals surface area (Å²) in [6.07, 6.45) is 6.76. The third kappa shape index (κ3) is 4.64. The summed E-state index contributed by atoms with van der Waals surface area (Å²) in [5.41, 5.74) is 2.35. The molecule has 4 heteroatoms. The smallest absolute Gasteiger partial charge is 0.213 e. The van der Waals surface area contributed by atoms with Gasteiger partial charge in [0.25, 0.3) is 0 Å².